The fraction of sp³-hybridized carbons (Fsp3) is 0.529. The van der Waals surface area contributed by atoms with Crippen LogP contribution in [0, 0.1) is 5.92 Å². The largest absolute Gasteiger partial charge is 0.486 e. The van der Waals surface area contributed by atoms with Gasteiger partial charge in [0.15, 0.2) is 11.5 Å². The molecule has 0 aromatic heterocycles. The summed E-state index contributed by atoms with van der Waals surface area (Å²) >= 11 is 0. The summed E-state index contributed by atoms with van der Waals surface area (Å²) < 4.78 is 10.9. The highest BCUT2D eigenvalue weighted by Gasteiger charge is 2.18. The van der Waals surface area contributed by atoms with Crippen molar-refractivity contribution in [2.24, 2.45) is 5.92 Å². The Bertz CT molecular complexity index is 560. The standard InChI is InChI=1S/C17H24N2O4/c1-3-5-6-12(4-2)16(20)18-19-17(21)13-7-8-14-15(11-13)23-10-9-22-14/h7-8,11-12H,3-6,9-10H2,1-2H3,(H,18,20)(H,19,21). The maximum absolute atomic E-state index is 12.1. The van der Waals surface area contributed by atoms with Gasteiger partial charge in [0.2, 0.25) is 5.91 Å². The van der Waals surface area contributed by atoms with Crippen LogP contribution in [0.3, 0.4) is 0 Å². The molecule has 0 bridgehead atoms. The number of carbonyl (C=O) groups excluding carboxylic acids is 2. The van der Waals surface area contributed by atoms with Crippen LogP contribution >= 0.6 is 0 Å². The summed E-state index contributed by atoms with van der Waals surface area (Å²) in [5, 5.41) is 0. The van der Waals surface area contributed by atoms with E-state index < -0.39 is 0 Å². The van der Waals surface area contributed by atoms with Crippen LogP contribution in [0.1, 0.15) is 49.9 Å². The molecule has 1 atom stereocenters. The molecule has 0 aliphatic carbocycles. The number of fused-ring (bicyclic) bond motifs is 1. The van der Waals surface area contributed by atoms with Crippen molar-refractivity contribution < 1.29 is 19.1 Å². The lowest BCUT2D eigenvalue weighted by atomic mass is 9.99. The molecule has 1 unspecified atom stereocenters. The van der Waals surface area contributed by atoms with Gasteiger partial charge in [0.05, 0.1) is 0 Å². The molecule has 2 N–H and O–H groups in total. The van der Waals surface area contributed by atoms with E-state index in [0.717, 1.165) is 25.7 Å². The van der Waals surface area contributed by atoms with Gasteiger partial charge in [-0.1, -0.05) is 26.7 Å². The third-order valence-corrected chi connectivity index (χ3v) is 3.87. The van der Waals surface area contributed by atoms with Crippen molar-refractivity contribution in [2.75, 3.05) is 13.2 Å². The molecular weight excluding hydrogens is 296 g/mol. The highest BCUT2D eigenvalue weighted by atomic mass is 16.6. The molecule has 1 aliphatic rings. The number of carbonyl (C=O) groups is 2. The summed E-state index contributed by atoms with van der Waals surface area (Å²) in [5.41, 5.74) is 5.39. The Morgan fingerprint density at radius 2 is 1.87 bits per heavy atom. The Morgan fingerprint density at radius 3 is 2.57 bits per heavy atom. The molecule has 23 heavy (non-hydrogen) atoms. The Balaban J connectivity index is 1.90. The molecule has 6 nitrogen and oxygen atoms in total. The maximum Gasteiger partial charge on any atom is 0.269 e. The normalized spacial score (nSPS) is 14.0. The van der Waals surface area contributed by atoms with Crippen molar-refractivity contribution in [3.8, 4) is 11.5 Å². The first-order valence-corrected chi connectivity index (χ1v) is 8.15. The first-order valence-electron chi connectivity index (χ1n) is 8.15. The van der Waals surface area contributed by atoms with Crippen molar-refractivity contribution >= 4 is 11.8 Å². The van der Waals surface area contributed by atoms with Crippen LogP contribution in [-0.2, 0) is 4.79 Å². The second-order valence-corrected chi connectivity index (χ2v) is 5.55. The molecule has 6 heteroatoms. The van der Waals surface area contributed by atoms with Crippen molar-refractivity contribution in [2.45, 2.75) is 39.5 Å². The van der Waals surface area contributed by atoms with Gasteiger partial charge in [-0.05, 0) is 31.0 Å². The molecule has 0 fully saturated rings. The van der Waals surface area contributed by atoms with E-state index in [4.69, 9.17) is 9.47 Å². The first-order chi connectivity index (χ1) is 11.2. The van der Waals surface area contributed by atoms with Gasteiger partial charge in [0, 0.05) is 11.5 Å². The van der Waals surface area contributed by atoms with Crippen LogP contribution in [0.15, 0.2) is 18.2 Å². The molecule has 126 valence electrons. The highest BCUT2D eigenvalue weighted by Crippen LogP contribution is 2.30. The molecule has 1 aromatic carbocycles. The minimum atomic E-state index is -0.374. The topological polar surface area (TPSA) is 76.7 Å². The fourth-order valence-electron chi connectivity index (χ4n) is 2.45. The van der Waals surface area contributed by atoms with Crippen LogP contribution < -0.4 is 20.3 Å². The van der Waals surface area contributed by atoms with Crippen molar-refractivity contribution in [3.63, 3.8) is 0 Å². The van der Waals surface area contributed by atoms with Crippen LogP contribution in [0.25, 0.3) is 0 Å². The minimum Gasteiger partial charge on any atom is -0.486 e. The molecule has 2 rings (SSSR count). The molecule has 0 saturated heterocycles. The molecule has 2 amide bonds. The van der Waals surface area contributed by atoms with Crippen molar-refractivity contribution in [3.05, 3.63) is 23.8 Å². The average Bonchev–Trinajstić information content (AvgIpc) is 2.59. The van der Waals surface area contributed by atoms with E-state index in [2.05, 4.69) is 17.8 Å². The molecular formula is C17H24N2O4. The minimum absolute atomic E-state index is 0.0736. The number of hydrazine groups is 1. The van der Waals surface area contributed by atoms with Gasteiger partial charge in [-0.3, -0.25) is 20.4 Å². The molecule has 0 spiro atoms. The number of ether oxygens (including phenoxy) is 2. The Labute approximate surface area is 136 Å². The van der Waals surface area contributed by atoms with Crippen LogP contribution in [0.4, 0.5) is 0 Å². The number of rotatable bonds is 6. The molecule has 0 radical (unpaired) electrons. The average molecular weight is 320 g/mol. The lowest BCUT2D eigenvalue weighted by Gasteiger charge is -2.19. The lowest BCUT2D eigenvalue weighted by Crippen LogP contribution is -2.44. The second kappa shape index (κ2) is 8.41. The third kappa shape index (κ3) is 4.61. The highest BCUT2D eigenvalue weighted by molar-refractivity contribution is 5.96. The molecule has 1 aliphatic heterocycles. The van der Waals surface area contributed by atoms with Gasteiger partial charge in [-0.15, -0.1) is 0 Å². The Morgan fingerprint density at radius 1 is 1.13 bits per heavy atom. The van der Waals surface area contributed by atoms with E-state index in [9.17, 15) is 9.59 Å². The number of unbranched alkanes of at least 4 members (excludes halogenated alkanes) is 1. The van der Waals surface area contributed by atoms with E-state index in [-0.39, 0.29) is 17.7 Å². The van der Waals surface area contributed by atoms with Crippen LogP contribution in [-0.4, -0.2) is 25.0 Å². The van der Waals surface area contributed by atoms with Gasteiger partial charge < -0.3 is 9.47 Å². The quantitative estimate of drug-likeness (QED) is 0.789. The number of hydrogen-bond donors (Lipinski definition) is 2. The zero-order chi connectivity index (χ0) is 16.7. The number of benzene rings is 1. The zero-order valence-electron chi connectivity index (χ0n) is 13.7. The van der Waals surface area contributed by atoms with E-state index in [0.29, 0.717) is 30.3 Å². The second-order valence-electron chi connectivity index (χ2n) is 5.55. The summed E-state index contributed by atoms with van der Waals surface area (Å²) in [7, 11) is 0. The Kier molecular flexibility index (Phi) is 6.26. The van der Waals surface area contributed by atoms with E-state index in [1.54, 1.807) is 18.2 Å². The van der Waals surface area contributed by atoms with Gasteiger partial charge >= 0.3 is 0 Å². The molecule has 1 aromatic rings. The van der Waals surface area contributed by atoms with Crippen LogP contribution in [0.2, 0.25) is 0 Å². The van der Waals surface area contributed by atoms with E-state index >= 15 is 0 Å². The predicted octanol–water partition coefficient (Wildman–Crippen LogP) is 2.44. The summed E-state index contributed by atoms with van der Waals surface area (Å²) in [6, 6.07) is 4.95. The van der Waals surface area contributed by atoms with Gasteiger partial charge in [-0.2, -0.15) is 0 Å². The monoisotopic (exact) mass is 320 g/mol. The molecule has 1 heterocycles. The number of amides is 2. The number of hydrogen-bond acceptors (Lipinski definition) is 4. The first kappa shape index (κ1) is 17.1. The zero-order valence-corrected chi connectivity index (χ0v) is 13.7. The smallest absolute Gasteiger partial charge is 0.269 e. The molecule has 0 saturated carbocycles. The maximum atomic E-state index is 12.1. The van der Waals surface area contributed by atoms with E-state index in [1.807, 2.05) is 6.92 Å². The van der Waals surface area contributed by atoms with Crippen LogP contribution in [0.5, 0.6) is 11.5 Å². The fourth-order valence-corrected chi connectivity index (χ4v) is 2.45. The van der Waals surface area contributed by atoms with Gasteiger partial charge in [0.25, 0.3) is 5.91 Å². The predicted molar refractivity (Wildman–Crippen MR) is 86.3 cm³/mol. The lowest BCUT2D eigenvalue weighted by molar-refractivity contribution is -0.126. The van der Waals surface area contributed by atoms with Crippen molar-refractivity contribution in [1.29, 1.82) is 0 Å². The van der Waals surface area contributed by atoms with E-state index in [1.165, 1.54) is 0 Å². The summed E-state index contributed by atoms with van der Waals surface area (Å²) in [6.07, 6.45) is 3.64. The number of nitrogens with one attached hydrogen (secondary N) is 2. The van der Waals surface area contributed by atoms with Gasteiger partial charge in [-0.25, -0.2) is 0 Å². The Hall–Kier alpha value is -2.24. The summed E-state index contributed by atoms with van der Waals surface area (Å²) in [4.78, 5) is 24.2. The van der Waals surface area contributed by atoms with Crippen molar-refractivity contribution in [1.82, 2.24) is 10.9 Å². The summed E-state index contributed by atoms with van der Waals surface area (Å²) in [5.74, 6) is 0.579. The SMILES string of the molecule is CCCCC(CC)C(=O)NNC(=O)c1ccc2c(c1)OCCO2. The summed E-state index contributed by atoms with van der Waals surface area (Å²) in [6.45, 7) is 5.03. The van der Waals surface area contributed by atoms with Gasteiger partial charge in [0.1, 0.15) is 13.2 Å². The third-order valence-electron chi connectivity index (χ3n) is 3.87.